The van der Waals surface area contributed by atoms with E-state index in [4.69, 9.17) is 11.6 Å². The zero-order chi connectivity index (χ0) is 13.6. The van der Waals surface area contributed by atoms with Crippen molar-refractivity contribution in [2.75, 3.05) is 6.54 Å². The fourth-order valence-corrected chi connectivity index (χ4v) is 2.93. The molecule has 0 spiro atoms. The van der Waals surface area contributed by atoms with Crippen LogP contribution in [0.1, 0.15) is 30.9 Å². The first-order chi connectivity index (χ1) is 9.15. The fourth-order valence-electron chi connectivity index (χ4n) is 2.74. The Bertz CT molecular complexity index is 644. The average Bonchev–Trinajstić information content (AvgIpc) is 3.04. The highest BCUT2D eigenvalue weighted by Crippen LogP contribution is 2.27. The van der Waals surface area contributed by atoms with Crippen molar-refractivity contribution in [2.45, 2.75) is 31.7 Å². The highest BCUT2D eigenvalue weighted by molar-refractivity contribution is 6.16. The van der Waals surface area contributed by atoms with E-state index in [0.717, 1.165) is 29.1 Å². The van der Waals surface area contributed by atoms with E-state index in [2.05, 4.69) is 26.9 Å². The number of hydrogen-bond donors (Lipinski definition) is 1. The third-order valence-electron chi connectivity index (χ3n) is 3.58. The van der Waals surface area contributed by atoms with Crippen LogP contribution in [0.5, 0.6) is 0 Å². The van der Waals surface area contributed by atoms with Crippen LogP contribution in [0.2, 0.25) is 0 Å². The maximum atomic E-state index is 11.4. The molecule has 1 aliphatic rings. The first-order valence-electron chi connectivity index (χ1n) is 6.41. The van der Waals surface area contributed by atoms with Gasteiger partial charge in [0, 0.05) is 20.0 Å². The monoisotopic (exact) mass is 281 g/mol. The maximum absolute atomic E-state index is 11.4. The molecule has 0 bridgehead atoms. The largest absolute Gasteiger partial charge is 0.354 e. The van der Waals surface area contributed by atoms with Gasteiger partial charge >= 0.3 is 0 Å². The van der Waals surface area contributed by atoms with Crippen molar-refractivity contribution in [1.29, 1.82) is 0 Å². The van der Waals surface area contributed by atoms with Crippen molar-refractivity contribution >= 4 is 28.7 Å². The van der Waals surface area contributed by atoms with E-state index in [0.29, 0.717) is 18.8 Å². The zero-order valence-electron chi connectivity index (χ0n) is 11.0. The summed E-state index contributed by atoms with van der Waals surface area (Å²) in [5, 5.41) is 7.33. The quantitative estimate of drug-likeness (QED) is 0.858. The molecule has 0 radical (unpaired) electrons. The van der Waals surface area contributed by atoms with Crippen molar-refractivity contribution in [3.05, 3.63) is 11.5 Å². The molecule has 2 aromatic rings. The minimum atomic E-state index is 0.0743. The number of rotatable bonds is 3. The molecule has 102 valence electrons. The molecule has 1 amide bonds. The summed E-state index contributed by atoms with van der Waals surface area (Å²) in [7, 11) is 1.90. The molecule has 0 aliphatic carbocycles. The summed E-state index contributed by atoms with van der Waals surface area (Å²) in [6.07, 6.45) is 1.31. The van der Waals surface area contributed by atoms with E-state index in [1.165, 1.54) is 0 Å². The molecule has 1 fully saturated rings. The number of alkyl halides is 1. The molecule has 2 aromatic heterocycles. The number of nitrogens with one attached hydrogen (secondary N) is 1. The summed E-state index contributed by atoms with van der Waals surface area (Å²) >= 11 is 6.00. The summed E-state index contributed by atoms with van der Waals surface area (Å²) in [6.45, 7) is 2.68. The second-order valence-corrected chi connectivity index (χ2v) is 5.06. The molecular weight excluding hydrogens is 266 g/mol. The van der Waals surface area contributed by atoms with Gasteiger partial charge in [-0.05, 0) is 6.42 Å². The highest BCUT2D eigenvalue weighted by atomic mass is 35.5. The lowest BCUT2D eigenvalue weighted by Crippen LogP contribution is -2.17. The number of nitrogens with zero attached hydrogens (tertiary/aromatic N) is 4. The number of imidazole rings is 1. The van der Waals surface area contributed by atoms with Gasteiger partial charge in [-0.3, -0.25) is 9.48 Å². The van der Waals surface area contributed by atoms with Crippen LogP contribution >= 0.6 is 11.6 Å². The molecule has 1 saturated heterocycles. The van der Waals surface area contributed by atoms with Crippen LogP contribution in [0.25, 0.3) is 11.2 Å². The molecule has 3 rings (SSSR count). The van der Waals surface area contributed by atoms with E-state index in [-0.39, 0.29) is 11.9 Å². The lowest BCUT2D eigenvalue weighted by Gasteiger charge is -2.13. The van der Waals surface area contributed by atoms with Gasteiger partial charge in [-0.2, -0.15) is 5.10 Å². The standard InChI is InChI=1S/C12H16ClN5O/c1-3-8-11-12(17(2)16-8)18(9(5-13)15-11)7-4-10(19)14-6-7/h7H,3-6H2,1-2H3,(H,14,19). The van der Waals surface area contributed by atoms with Crippen LogP contribution in [-0.4, -0.2) is 31.8 Å². The normalized spacial score (nSPS) is 19.3. The molecule has 0 aromatic carbocycles. The van der Waals surface area contributed by atoms with E-state index < -0.39 is 0 Å². The number of aryl methyl sites for hydroxylation is 2. The van der Waals surface area contributed by atoms with Gasteiger partial charge in [0.2, 0.25) is 5.91 Å². The molecular formula is C12H16ClN5O. The van der Waals surface area contributed by atoms with Crippen LogP contribution in [0.4, 0.5) is 0 Å². The number of fused-ring (bicyclic) bond motifs is 1. The van der Waals surface area contributed by atoms with Crippen LogP contribution in [0.15, 0.2) is 0 Å². The number of amides is 1. The first-order valence-corrected chi connectivity index (χ1v) is 6.94. The van der Waals surface area contributed by atoms with Crippen molar-refractivity contribution in [3.63, 3.8) is 0 Å². The maximum Gasteiger partial charge on any atom is 0.222 e. The Labute approximate surface area is 115 Å². The molecule has 19 heavy (non-hydrogen) atoms. The van der Waals surface area contributed by atoms with Gasteiger partial charge in [-0.1, -0.05) is 6.92 Å². The lowest BCUT2D eigenvalue weighted by atomic mass is 10.2. The Morgan fingerprint density at radius 1 is 1.53 bits per heavy atom. The summed E-state index contributed by atoms with van der Waals surface area (Å²) < 4.78 is 3.90. The second-order valence-electron chi connectivity index (χ2n) is 4.79. The Morgan fingerprint density at radius 2 is 2.32 bits per heavy atom. The SMILES string of the molecule is CCc1nn(C)c2c1nc(CCl)n2C1CNC(=O)C1. The van der Waals surface area contributed by atoms with Crippen LogP contribution in [0, 0.1) is 0 Å². The van der Waals surface area contributed by atoms with Gasteiger partial charge in [0.1, 0.15) is 11.3 Å². The lowest BCUT2D eigenvalue weighted by molar-refractivity contribution is -0.119. The van der Waals surface area contributed by atoms with Gasteiger partial charge < -0.3 is 9.88 Å². The Hall–Kier alpha value is -1.56. The molecule has 7 heteroatoms. The summed E-state index contributed by atoms with van der Waals surface area (Å²) in [6, 6.07) is 0.0753. The smallest absolute Gasteiger partial charge is 0.222 e. The Morgan fingerprint density at radius 3 is 2.89 bits per heavy atom. The number of carbonyl (C=O) groups excluding carboxylic acids is 1. The Kier molecular flexibility index (Phi) is 2.97. The van der Waals surface area contributed by atoms with Gasteiger partial charge in [0.05, 0.1) is 17.6 Å². The number of carbonyl (C=O) groups is 1. The number of aromatic nitrogens is 4. The predicted octanol–water partition coefficient (Wildman–Crippen LogP) is 1.13. The van der Waals surface area contributed by atoms with E-state index >= 15 is 0 Å². The molecule has 6 nitrogen and oxygen atoms in total. The topological polar surface area (TPSA) is 64.7 Å². The minimum Gasteiger partial charge on any atom is -0.354 e. The van der Waals surface area contributed by atoms with Crippen molar-refractivity contribution in [1.82, 2.24) is 24.6 Å². The highest BCUT2D eigenvalue weighted by Gasteiger charge is 2.29. The average molecular weight is 282 g/mol. The van der Waals surface area contributed by atoms with Gasteiger partial charge in [-0.15, -0.1) is 11.6 Å². The summed E-state index contributed by atoms with van der Waals surface area (Å²) in [5.74, 6) is 1.22. The number of halogens is 1. The third-order valence-corrected chi connectivity index (χ3v) is 3.82. The van der Waals surface area contributed by atoms with E-state index in [1.54, 1.807) is 0 Å². The van der Waals surface area contributed by atoms with Crippen molar-refractivity contribution in [3.8, 4) is 0 Å². The predicted molar refractivity (Wildman–Crippen MR) is 72.1 cm³/mol. The molecule has 1 aliphatic heterocycles. The van der Waals surface area contributed by atoms with Crippen LogP contribution < -0.4 is 5.32 Å². The molecule has 0 saturated carbocycles. The molecule has 1 N–H and O–H groups in total. The second kappa shape index (κ2) is 4.52. The van der Waals surface area contributed by atoms with Gasteiger partial charge in [0.25, 0.3) is 0 Å². The first kappa shape index (κ1) is 12.5. The summed E-state index contributed by atoms with van der Waals surface area (Å²) in [5.41, 5.74) is 2.83. The molecule has 1 atom stereocenters. The zero-order valence-corrected chi connectivity index (χ0v) is 11.7. The van der Waals surface area contributed by atoms with E-state index in [9.17, 15) is 4.79 Å². The van der Waals surface area contributed by atoms with Gasteiger partial charge in [0.15, 0.2) is 5.65 Å². The third kappa shape index (κ3) is 1.82. The van der Waals surface area contributed by atoms with Crippen molar-refractivity contribution in [2.24, 2.45) is 7.05 Å². The van der Waals surface area contributed by atoms with Crippen LogP contribution in [0.3, 0.4) is 0 Å². The fraction of sp³-hybridized carbons (Fsp3) is 0.583. The van der Waals surface area contributed by atoms with Gasteiger partial charge in [-0.25, -0.2) is 4.98 Å². The minimum absolute atomic E-state index is 0.0743. The number of hydrogen-bond acceptors (Lipinski definition) is 3. The molecule has 3 heterocycles. The Balaban J connectivity index is 2.20. The molecule has 1 unspecified atom stereocenters. The summed E-state index contributed by atoms with van der Waals surface area (Å²) in [4.78, 5) is 16.0. The van der Waals surface area contributed by atoms with Crippen molar-refractivity contribution < 1.29 is 4.79 Å². The van der Waals surface area contributed by atoms with Crippen LogP contribution in [-0.2, 0) is 24.1 Å². The van der Waals surface area contributed by atoms with E-state index in [1.807, 2.05) is 11.7 Å².